The van der Waals surface area contributed by atoms with Crippen LogP contribution in [0.2, 0.25) is 0 Å². The number of amides is 1. The molecule has 0 radical (unpaired) electrons. The molecule has 1 amide bonds. The van der Waals surface area contributed by atoms with E-state index in [1.807, 2.05) is 59.8 Å². The Hall–Kier alpha value is -2.54. The van der Waals surface area contributed by atoms with Gasteiger partial charge in [0.2, 0.25) is 5.91 Å². The number of nitrogens with one attached hydrogen (secondary N) is 1. The molecule has 0 saturated carbocycles. The fourth-order valence-electron chi connectivity index (χ4n) is 3.15. The highest BCUT2D eigenvalue weighted by Crippen LogP contribution is 2.26. The highest BCUT2D eigenvalue weighted by atomic mass is 32.1. The van der Waals surface area contributed by atoms with E-state index in [1.54, 1.807) is 22.7 Å². The van der Waals surface area contributed by atoms with Gasteiger partial charge in [-0.05, 0) is 36.2 Å². The van der Waals surface area contributed by atoms with Gasteiger partial charge in [-0.3, -0.25) is 9.69 Å². The normalized spacial score (nSPS) is 12.4. The first-order valence-electron chi connectivity index (χ1n) is 9.10. The molecule has 1 N–H and O–H groups in total. The summed E-state index contributed by atoms with van der Waals surface area (Å²) < 4.78 is 1.18. The molecule has 0 aliphatic rings. The molecule has 0 aliphatic carbocycles. The van der Waals surface area contributed by atoms with Crippen LogP contribution < -0.4 is 5.32 Å². The second-order valence-electron chi connectivity index (χ2n) is 6.67. The van der Waals surface area contributed by atoms with Crippen LogP contribution in [0.15, 0.2) is 72.1 Å². The number of hydrogen-bond acceptors (Lipinski definition) is 5. The van der Waals surface area contributed by atoms with Crippen molar-refractivity contribution in [2.45, 2.75) is 12.6 Å². The highest BCUT2D eigenvalue weighted by molar-refractivity contribution is 7.18. The zero-order valence-corrected chi connectivity index (χ0v) is 17.2. The van der Waals surface area contributed by atoms with Gasteiger partial charge in [0.25, 0.3) is 0 Å². The summed E-state index contributed by atoms with van der Waals surface area (Å²) in [6.07, 6.45) is 0. The Kier molecular flexibility index (Phi) is 5.81. The number of fused-ring (bicyclic) bond motifs is 1. The van der Waals surface area contributed by atoms with Gasteiger partial charge in [-0.1, -0.05) is 48.5 Å². The number of hydrogen-bond donors (Lipinski definition) is 1. The van der Waals surface area contributed by atoms with Crippen molar-refractivity contribution < 1.29 is 4.79 Å². The van der Waals surface area contributed by atoms with Gasteiger partial charge in [-0.25, -0.2) is 4.98 Å². The Morgan fingerprint density at radius 2 is 1.86 bits per heavy atom. The number of aromatic nitrogens is 1. The largest absolute Gasteiger partial charge is 0.343 e. The lowest BCUT2D eigenvalue weighted by atomic mass is 10.1. The summed E-state index contributed by atoms with van der Waals surface area (Å²) in [6, 6.07) is 22.2. The molecule has 0 aliphatic heterocycles. The van der Waals surface area contributed by atoms with Crippen LogP contribution in [0.1, 0.15) is 21.5 Å². The second kappa shape index (κ2) is 8.65. The molecule has 1 atom stereocenters. The predicted molar refractivity (Wildman–Crippen MR) is 117 cm³/mol. The van der Waals surface area contributed by atoms with Crippen LogP contribution in [0.25, 0.3) is 10.2 Å². The van der Waals surface area contributed by atoms with Crippen molar-refractivity contribution in [1.29, 1.82) is 0 Å². The van der Waals surface area contributed by atoms with Crippen LogP contribution in [-0.2, 0) is 11.3 Å². The highest BCUT2D eigenvalue weighted by Gasteiger charge is 2.19. The summed E-state index contributed by atoms with van der Waals surface area (Å²) in [4.78, 5) is 20.5. The molecule has 6 heteroatoms. The topological polar surface area (TPSA) is 45.2 Å². The first-order chi connectivity index (χ1) is 13.7. The first-order valence-corrected chi connectivity index (χ1v) is 10.8. The molecule has 0 bridgehead atoms. The molecule has 4 aromatic rings. The summed E-state index contributed by atoms with van der Waals surface area (Å²) >= 11 is 3.33. The van der Waals surface area contributed by atoms with E-state index >= 15 is 0 Å². The number of likely N-dealkylation sites (N-methyl/N-ethyl adjacent to an activating group) is 1. The Morgan fingerprint density at radius 3 is 2.61 bits per heavy atom. The molecule has 0 fully saturated rings. The molecular weight excluding hydrogens is 386 g/mol. The SMILES string of the molecule is CN(CC(=O)N[C@@H](c1ccccc1)c1cccs1)Cc1nc2ccccc2s1. The van der Waals surface area contributed by atoms with Gasteiger partial charge in [-0.15, -0.1) is 22.7 Å². The Balaban J connectivity index is 1.41. The number of thiazole rings is 1. The van der Waals surface area contributed by atoms with E-state index in [9.17, 15) is 4.79 Å². The van der Waals surface area contributed by atoms with Crippen molar-refractivity contribution in [3.05, 3.63) is 87.6 Å². The number of carbonyl (C=O) groups excluding carboxylic acids is 1. The number of nitrogens with zero attached hydrogens (tertiary/aromatic N) is 2. The third kappa shape index (κ3) is 4.47. The van der Waals surface area contributed by atoms with Crippen molar-refractivity contribution >= 4 is 38.8 Å². The summed E-state index contributed by atoms with van der Waals surface area (Å²) in [5.41, 5.74) is 2.11. The van der Waals surface area contributed by atoms with Crippen LogP contribution >= 0.6 is 22.7 Å². The lowest BCUT2D eigenvalue weighted by Gasteiger charge is -2.20. The number of thiophene rings is 1. The minimum Gasteiger partial charge on any atom is -0.343 e. The van der Waals surface area contributed by atoms with Gasteiger partial charge in [0.05, 0.1) is 29.3 Å². The van der Waals surface area contributed by atoms with Crippen LogP contribution in [0, 0.1) is 0 Å². The van der Waals surface area contributed by atoms with Crippen LogP contribution in [0.3, 0.4) is 0 Å². The molecule has 4 rings (SSSR count). The average molecular weight is 408 g/mol. The summed E-state index contributed by atoms with van der Waals surface area (Å²) in [5.74, 6) is 0.00543. The maximum Gasteiger partial charge on any atom is 0.234 e. The van der Waals surface area contributed by atoms with Crippen molar-refractivity contribution in [2.24, 2.45) is 0 Å². The van der Waals surface area contributed by atoms with Gasteiger partial charge in [0.15, 0.2) is 0 Å². The molecule has 0 unspecified atom stereocenters. The van der Waals surface area contributed by atoms with E-state index in [-0.39, 0.29) is 11.9 Å². The zero-order chi connectivity index (χ0) is 19.3. The lowest BCUT2D eigenvalue weighted by Crippen LogP contribution is -2.37. The van der Waals surface area contributed by atoms with Crippen LogP contribution in [0.4, 0.5) is 0 Å². The van der Waals surface area contributed by atoms with Crippen molar-refractivity contribution in [3.8, 4) is 0 Å². The van der Waals surface area contributed by atoms with Crippen LogP contribution in [-0.4, -0.2) is 29.4 Å². The number of rotatable bonds is 7. The minimum atomic E-state index is -0.121. The lowest BCUT2D eigenvalue weighted by molar-refractivity contribution is -0.122. The van der Waals surface area contributed by atoms with Gasteiger partial charge in [0.1, 0.15) is 5.01 Å². The second-order valence-corrected chi connectivity index (χ2v) is 8.77. The summed E-state index contributed by atoms with van der Waals surface area (Å²) in [7, 11) is 1.95. The fourth-order valence-corrected chi connectivity index (χ4v) is 5.00. The third-order valence-corrected chi connectivity index (χ3v) is 6.38. The zero-order valence-electron chi connectivity index (χ0n) is 15.5. The summed E-state index contributed by atoms with van der Waals surface area (Å²) in [6.45, 7) is 0.979. The van der Waals surface area contributed by atoms with Crippen LogP contribution in [0.5, 0.6) is 0 Å². The third-order valence-electron chi connectivity index (χ3n) is 4.42. The standard InChI is InChI=1S/C22H21N3OS2/c1-25(15-21-23-17-10-5-6-11-18(17)28-21)14-20(26)24-22(19-12-7-13-27-19)16-8-3-2-4-9-16/h2-13,22H,14-15H2,1H3,(H,24,26)/t22-/m0/s1. The first kappa shape index (κ1) is 18.8. The minimum absolute atomic E-state index is 0.00543. The molecule has 28 heavy (non-hydrogen) atoms. The number of carbonyl (C=O) groups is 1. The van der Waals surface area contributed by atoms with Crippen molar-refractivity contribution in [2.75, 3.05) is 13.6 Å². The molecule has 0 saturated heterocycles. The Morgan fingerprint density at radius 1 is 1.07 bits per heavy atom. The average Bonchev–Trinajstić information content (AvgIpc) is 3.36. The van der Waals surface area contributed by atoms with Gasteiger partial charge < -0.3 is 5.32 Å². The van der Waals surface area contributed by atoms with E-state index < -0.39 is 0 Å². The molecule has 2 aromatic carbocycles. The van der Waals surface area contributed by atoms with Gasteiger partial charge in [-0.2, -0.15) is 0 Å². The molecule has 2 heterocycles. The van der Waals surface area contributed by atoms with E-state index in [0.29, 0.717) is 13.1 Å². The van der Waals surface area contributed by atoms with E-state index in [2.05, 4.69) is 34.6 Å². The Bertz CT molecular complexity index is 1010. The maximum atomic E-state index is 12.7. The molecule has 0 spiro atoms. The molecule has 2 aromatic heterocycles. The van der Waals surface area contributed by atoms with E-state index in [1.165, 1.54) is 4.70 Å². The van der Waals surface area contributed by atoms with Crippen molar-refractivity contribution in [1.82, 2.24) is 15.2 Å². The predicted octanol–water partition coefficient (Wildman–Crippen LogP) is 4.70. The fraction of sp³-hybridized carbons (Fsp3) is 0.182. The number of benzene rings is 2. The molecule has 4 nitrogen and oxygen atoms in total. The quantitative estimate of drug-likeness (QED) is 0.483. The van der Waals surface area contributed by atoms with Gasteiger partial charge in [0, 0.05) is 4.88 Å². The molecular formula is C22H21N3OS2. The molecule has 142 valence electrons. The number of para-hydroxylation sites is 1. The van der Waals surface area contributed by atoms with Gasteiger partial charge >= 0.3 is 0 Å². The van der Waals surface area contributed by atoms with E-state index in [4.69, 9.17) is 0 Å². The van der Waals surface area contributed by atoms with Crippen molar-refractivity contribution in [3.63, 3.8) is 0 Å². The smallest absolute Gasteiger partial charge is 0.234 e. The Labute approximate surface area is 172 Å². The summed E-state index contributed by atoms with van der Waals surface area (Å²) in [5, 5.41) is 6.25. The van der Waals surface area contributed by atoms with E-state index in [0.717, 1.165) is 21.0 Å². The maximum absolute atomic E-state index is 12.7. The monoisotopic (exact) mass is 407 g/mol.